The standard InChI is InChI=1S/C15H21Cl2N3O/c1-20(12-5-2-10(18)3-6-12)9-15(21)19-11-4-7-13(16)14(17)8-11/h4,7-8,10,12H,2-3,5-6,9,18H2,1H3,(H,19,21). The van der Waals surface area contributed by atoms with Gasteiger partial charge in [-0.15, -0.1) is 0 Å². The largest absolute Gasteiger partial charge is 0.328 e. The third-order valence-electron chi connectivity index (χ3n) is 3.96. The molecule has 0 aliphatic heterocycles. The minimum atomic E-state index is -0.0502. The first-order chi connectivity index (χ1) is 9.95. The van der Waals surface area contributed by atoms with E-state index in [1.165, 1.54) is 0 Å². The molecule has 116 valence electrons. The first kappa shape index (κ1) is 16.6. The molecule has 0 saturated heterocycles. The van der Waals surface area contributed by atoms with E-state index in [0.717, 1.165) is 25.7 Å². The van der Waals surface area contributed by atoms with Crippen molar-refractivity contribution in [2.75, 3.05) is 18.9 Å². The van der Waals surface area contributed by atoms with Crippen molar-refractivity contribution in [3.8, 4) is 0 Å². The average molecular weight is 330 g/mol. The van der Waals surface area contributed by atoms with Crippen LogP contribution >= 0.6 is 23.2 Å². The quantitative estimate of drug-likeness (QED) is 0.892. The number of nitrogens with one attached hydrogen (secondary N) is 1. The van der Waals surface area contributed by atoms with E-state index >= 15 is 0 Å². The van der Waals surface area contributed by atoms with Gasteiger partial charge in [0.2, 0.25) is 5.91 Å². The Kier molecular flexibility index (Phi) is 5.88. The zero-order valence-corrected chi connectivity index (χ0v) is 13.6. The molecule has 1 aliphatic carbocycles. The average Bonchev–Trinajstić information content (AvgIpc) is 2.43. The number of rotatable bonds is 4. The van der Waals surface area contributed by atoms with Crippen LogP contribution in [-0.4, -0.2) is 36.5 Å². The number of hydrogen-bond acceptors (Lipinski definition) is 3. The van der Waals surface area contributed by atoms with Crippen LogP contribution in [0.4, 0.5) is 5.69 Å². The summed E-state index contributed by atoms with van der Waals surface area (Å²) in [5.74, 6) is -0.0502. The lowest BCUT2D eigenvalue weighted by Gasteiger charge is -2.33. The maximum absolute atomic E-state index is 12.1. The lowest BCUT2D eigenvalue weighted by Crippen LogP contribution is -2.42. The summed E-state index contributed by atoms with van der Waals surface area (Å²) in [5, 5.41) is 3.75. The highest BCUT2D eigenvalue weighted by Crippen LogP contribution is 2.25. The zero-order valence-electron chi connectivity index (χ0n) is 12.1. The molecule has 0 unspecified atom stereocenters. The summed E-state index contributed by atoms with van der Waals surface area (Å²) in [4.78, 5) is 14.2. The fourth-order valence-electron chi connectivity index (χ4n) is 2.67. The molecule has 1 amide bonds. The van der Waals surface area contributed by atoms with E-state index in [9.17, 15) is 4.79 Å². The zero-order chi connectivity index (χ0) is 15.4. The maximum Gasteiger partial charge on any atom is 0.238 e. The molecule has 1 aromatic carbocycles. The monoisotopic (exact) mass is 329 g/mol. The van der Waals surface area contributed by atoms with Gasteiger partial charge < -0.3 is 11.1 Å². The first-order valence-electron chi connectivity index (χ1n) is 7.16. The summed E-state index contributed by atoms with van der Waals surface area (Å²) < 4.78 is 0. The van der Waals surface area contributed by atoms with Gasteiger partial charge in [-0.1, -0.05) is 23.2 Å². The molecule has 1 aliphatic rings. The van der Waals surface area contributed by atoms with Crippen LogP contribution in [0.25, 0.3) is 0 Å². The molecule has 1 fully saturated rings. The van der Waals surface area contributed by atoms with Gasteiger partial charge in [0, 0.05) is 17.8 Å². The molecule has 0 aromatic heterocycles. The molecule has 4 nitrogen and oxygen atoms in total. The Morgan fingerprint density at radius 2 is 1.95 bits per heavy atom. The van der Waals surface area contributed by atoms with Crippen molar-refractivity contribution >= 4 is 34.8 Å². The highest BCUT2D eigenvalue weighted by Gasteiger charge is 2.23. The molecular formula is C15H21Cl2N3O. The maximum atomic E-state index is 12.1. The first-order valence-corrected chi connectivity index (χ1v) is 7.92. The van der Waals surface area contributed by atoms with Crippen LogP contribution in [0.15, 0.2) is 18.2 Å². The predicted molar refractivity (Wildman–Crippen MR) is 88.0 cm³/mol. The number of hydrogen-bond donors (Lipinski definition) is 2. The van der Waals surface area contributed by atoms with E-state index in [2.05, 4.69) is 10.2 Å². The molecule has 1 saturated carbocycles. The van der Waals surface area contributed by atoms with E-state index < -0.39 is 0 Å². The number of halogens is 2. The molecule has 3 N–H and O–H groups in total. The van der Waals surface area contributed by atoms with Crippen molar-refractivity contribution in [1.29, 1.82) is 0 Å². The Balaban J connectivity index is 1.84. The normalized spacial score (nSPS) is 22.3. The number of carbonyl (C=O) groups excluding carboxylic acids is 1. The molecule has 0 spiro atoms. The van der Waals surface area contributed by atoms with Gasteiger partial charge in [-0.05, 0) is 50.9 Å². The number of amides is 1. The van der Waals surface area contributed by atoms with E-state index in [4.69, 9.17) is 28.9 Å². The fraction of sp³-hybridized carbons (Fsp3) is 0.533. The van der Waals surface area contributed by atoms with Gasteiger partial charge in [-0.3, -0.25) is 9.69 Å². The number of carbonyl (C=O) groups is 1. The molecule has 0 radical (unpaired) electrons. The summed E-state index contributed by atoms with van der Waals surface area (Å²) in [6.45, 7) is 0.361. The lowest BCUT2D eigenvalue weighted by molar-refractivity contribution is -0.117. The molecule has 6 heteroatoms. The van der Waals surface area contributed by atoms with Crippen molar-refractivity contribution in [2.45, 2.75) is 37.8 Å². The minimum Gasteiger partial charge on any atom is -0.328 e. The summed E-state index contributed by atoms with van der Waals surface area (Å²) in [6.07, 6.45) is 4.17. The number of anilines is 1. The SMILES string of the molecule is CN(CC(=O)Nc1ccc(Cl)c(Cl)c1)C1CCC(N)CC1. The minimum absolute atomic E-state index is 0.0502. The second-order valence-electron chi connectivity index (χ2n) is 5.66. The number of likely N-dealkylation sites (N-methyl/N-ethyl adjacent to an activating group) is 1. The van der Waals surface area contributed by atoms with Crippen LogP contribution in [-0.2, 0) is 4.79 Å². The van der Waals surface area contributed by atoms with Crippen LogP contribution in [0, 0.1) is 0 Å². The highest BCUT2D eigenvalue weighted by molar-refractivity contribution is 6.42. The Hall–Kier alpha value is -0.810. The summed E-state index contributed by atoms with van der Waals surface area (Å²) >= 11 is 11.8. The third kappa shape index (κ3) is 4.85. The van der Waals surface area contributed by atoms with Crippen molar-refractivity contribution < 1.29 is 4.79 Å². The molecular weight excluding hydrogens is 309 g/mol. The Bertz CT molecular complexity index is 502. The van der Waals surface area contributed by atoms with Gasteiger partial charge in [-0.25, -0.2) is 0 Å². The number of benzene rings is 1. The molecule has 0 atom stereocenters. The Labute approximate surface area is 135 Å². The Morgan fingerprint density at radius 1 is 1.29 bits per heavy atom. The molecule has 1 aromatic rings. The summed E-state index contributed by atoms with van der Waals surface area (Å²) in [5.41, 5.74) is 6.57. The molecule has 0 bridgehead atoms. The van der Waals surface area contributed by atoms with Crippen LogP contribution in [0.3, 0.4) is 0 Å². The van der Waals surface area contributed by atoms with Gasteiger partial charge in [0.25, 0.3) is 0 Å². The van der Waals surface area contributed by atoms with Gasteiger partial charge in [-0.2, -0.15) is 0 Å². The third-order valence-corrected chi connectivity index (χ3v) is 4.70. The number of nitrogens with zero attached hydrogens (tertiary/aromatic N) is 1. The number of nitrogens with two attached hydrogens (primary N) is 1. The van der Waals surface area contributed by atoms with Gasteiger partial charge in [0.1, 0.15) is 0 Å². The molecule has 2 rings (SSSR count). The van der Waals surface area contributed by atoms with Crippen molar-refractivity contribution in [1.82, 2.24) is 4.90 Å². The topological polar surface area (TPSA) is 58.4 Å². The van der Waals surface area contributed by atoms with Gasteiger partial charge in [0.15, 0.2) is 0 Å². The summed E-state index contributed by atoms with van der Waals surface area (Å²) in [7, 11) is 1.98. The van der Waals surface area contributed by atoms with Gasteiger partial charge >= 0.3 is 0 Å². The van der Waals surface area contributed by atoms with E-state index in [0.29, 0.717) is 34.4 Å². The molecule has 21 heavy (non-hydrogen) atoms. The molecule has 0 heterocycles. The van der Waals surface area contributed by atoms with Crippen LogP contribution in [0.2, 0.25) is 10.0 Å². The Morgan fingerprint density at radius 3 is 2.57 bits per heavy atom. The predicted octanol–water partition coefficient (Wildman–Crippen LogP) is 3.13. The second-order valence-corrected chi connectivity index (χ2v) is 6.48. The van der Waals surface area contributed by atoms with Gasteiger partial charge in [0.05, 0.1) is 16.6 Å². The second kappa shape index (κ2) is 7.45. The van der Waals surface area contributed by atoms with Crippen LogP contribution in [0.5, 0.6) is 0 Å². The van der Waals surface area contributed by atoms with Crippen LogP contribution in [0.1, 0.15) is 25.7 Å². The van der Waals surface area contributed by atoms with E-state index in [1.54, 1.807) is 18.2 Å². The fourth-order valence-corrected chi connectivity index (χ4v) is 2.97. The lowest BCUT2D eigenvalue weighted by atomic mass is 9.91. The van der Waals surface area contributed by atoms with E-state index in [1.807, 2.05) is 7.05 Å². The van der Waals surface area contributed by atoms with Crippen molar-refractivity contribution in [3.63, 3.8) is 0 Å². The smallest absolute Gasteiger partial charge is 0.238 e. The van der Waals surface area contributed by atoms with Crippen molar-refractivity contribution in [3.05, 3.63) is 28.2 Å². The summed E-state index contributed by atoms with van der Waals surface area (Å²) in [6, 6.07) is 5.82. The highest BCUT2D eigenvalue weighted by atomic mass is 35.5. The van der Waals surface area contributed by atoms with Crippen LogP contribution < -0.4 is 11.1 Å². The van der Waals surface area contributed by atoms with E-state index in [-0.39, 0.29) is 5.91 Å². The van der Waals surface area contributed by atoms with Crippen molar-refractivity contribution in [2.24, 2.45) is 5.73 Å².